The fourth-order valence-corrected chi connectivity index (χ4v) is 13.3. The molecule has 0 saturated heterocycles. The van der Waals surface area contributed by atoms with Crippen molar-refractivity contribution in [3.8, 4) is 66.8 Å². The molecule has 40 heteroatoms. The predicted molar refractivity (Wildman–Crippen MR) is 330 cm³/mol. The van der Waals surface area contributed by atoms with Gasteiger partial charge < -0.3 is 9.97 Å². The van der Waals surface area contributed by atoms with Crippen LogP contribution in [0.5, 0.6) is 0 Å². The van der Waals surface area contributed by atoms with E-state index in [1.54, 1.807) is 0 Å². The predicted octanol–water partition coefficient (Wildman–Crippen LogP) is 23.7. The van der Waals surface area contributed by atoms with E-state index in [2.05, 4.69) is 93.6 Å². The third-order valence-corrected chi connectivity index (χ3v) is 20.3. The average molecular weight is 1780 g/mol. The SMILES string of the molecule is Fc1c(F)c(F)c(-c2c3nc(c(-c4c(F)c(F)c(F)c(F)c4F)c4ccc([nH]4)c(-c4c(F)c(F)c(F)c(F)c4F)c4nc(c(-c5c(F)c(F)c(F)c(F)c5F)c5nc(c(-c6c(F)c(F)c(F)c(F)c6F)c6ccc([nH]6)c(-c6c(F)c(F)c(F)c(F)c6F)c6nc2C(Br)=C6Br)C=C5)C(Br)=C4Br)C=C3)c(F)c1F. The summed E-state index contributed by atoms with van der Waals surface area (Å²) in [6, 6.07) is 1.47. The van der Waals surface area contributed by atoms with E-state index in [-0.39, 0.29) is 0 Å². The summed E-state index contributed by atoms with van der Waals surface area (Å²) < 4.78 is 474. The second kappa shape index (κ2) is 26.5. The van der Waals surface area contributed by atoms with Crippen molar-refractivity contribution in [1.29, 1.82) is 0 Å². The maximum Gasteiger partial charge on any atom is 0.200 e. The molecule has 6 aromatic carbocycles. The van der Waals surface area contributed by atoms with Crippen LogP contribution in [0.2, 0.25) is 0 Å². The molecule has 0 amide bonds. The molecule has 542 valence electrons. The molecule has 106 heavy (non-hydrogen) atoms. The van der Waals surface area contributed by atoms with Gasteiger partial charge in [-0.15, -0.1) is 0 Å². The number of benzene rings is 6. The van der Waals surface area contributed by atoms with Gasteiger partial charge in [-0.3, -0.25) is 0 Å². The summed E-state index contributed by atoms with van der Waals surface area (Å²) in [6.07, 6.45) is 1.33. The molecular weight excluding hydrogens is 1770 g/mol. The number of H-pyrrole nitrogens is 2. The second-order valence-electron chi connectivity index (χ2n) is 21.8. The summed E-state index contributed by atoms with van der Waals surface area (Å²) in [6.45, 7) is 0. The van der Waals surface area contributed by atoms with Crippen molar-refractivity contribution in [3.63, 3.8) is 0 Å². The lowest BCUT2D eigenvalue weighted by Crippen LogP contribution is -2.07. The molecular formula is C66H10Br4F30N6. The Bertz CT molecular complexity index is 5620. The lowest BCUT2D eigenvalue weighted by Gasteiger charge is -2.12. The van der Waals surface area contributed by atoms with Gasteiger partial charge in [0.1, 0.15) is 0 Å². The van der Waals surface area contributed by atoms with E-state index in [9.17, 15) is 17.6 Å². The first-order valence-electron chi connectivity index (χ1n) is 27.9. The molecule has 0 unspecified atom stereocenters. The number of rotatable bonds is 6. The number of hydrogen-bond donors (Lipinski definition) is 2. The first kappa shape index (κ1) is 74.3. The van der Waals surface area contributed by atoms with Crippen molar-refractivity contribution in [2.24, 2.45) is 0 Å². The summed E-state index contributed by atoms with van der Waals surface area (Å²) in [5.74, 6) is -87.0. The number of nitrogens with one attached hydrogen (secondary N) is 2. The van der Waals surface area contributed by atoms with Gasteiger partial charge in [0.2, 0.25) is 34.9 Å². The van der Waals surface area contributed by atoms with E-state index in [4.69, 9.17) is 0 Å². The number of aromatic amines is 2. The highest BCUT2D eigenvalue weighted by molar-refractivity contribution is 9.18. The highest BCUT2D eigenvalue weighted by Gasteiger charge is 2.41. The molecule has 4 aliphatic rings. The lowest BCUT2D eigenvalue weighted by atomic mass is 10.00. The number of hydrogen-bond acceptors (Lipinski definition) is 4. The molecule has 0 spiro atoms. The molecule has 2 N–H and O–H groups in total. The van der Waals surface area contributed by atoms with Gasteiger partial charge in [0.15, 0.2) is 140 Å². The summed E-state index contributed by atoms with van der Waals surface area (Å²) >= 11 is 11.4. The molecule has 9 aromatic rings. The molecule has 7 heterocycles. The number of aromatic nitrogens is 6. The fraction of sp³-hybridized carbons (Fsp3) is 0. The Labute approximate surface area is 597 Å². The first-order chi connectivity index (χ1) is 49.8. The van der Waals surface area contributed by atoms with Crippen LogP contribution >= 0.6 is 63.7 Å². The Morgan fingerprint density at radius 1 is 0.170 bits per heavy atom. The van der Waals surface area contributed by atoms with E-state index in [1.165, 1.54) is 0 Å². The maximum atomic E-state index is 16.7. The fourth-order valence-electron chi connectivity index (χ4n) is 11.4. The zero-order valence-corrected chi connectivity index (χ0v) is 55.6. The van der Waals surface area contributed by atoms with E-state index < -0.39 is 327 Å². The van der Waals surface area contributed by atoms with Gasteiger partial charge in [-0.25, -0.2) is 152 Å². The van der Waals surface area contributed by atoms with Gasteiger partial charge in [0, 0.05) is 55.4 Å². The van der Waals surface area contributed by atoms with E-state index in [1.807, 2.05) is 0 Å². The van der Waals surface area contributed by atoms with Gasteiger partial charge in [0.25, 0.3) is 0 Å². The Balaban J connectivity index is 1.39. The van der Waals surface area contributed by atoms with Crippen molar-refractivity contribution in [1.82, 2.24) is 29.9 Å². The highest BCUT2D eigenvalue weighted by atomic mass is 79.9. The minimum absolute atomic E-state index is 0.329. The quantitative estimate of drug-likeness (QED) is 0.0987. The summed E-state index contributed by atoms with van der Waals surface area (Å²) in [5, 5.41) is 0. The monoisotopic (exact) mass is 1770 g/mol. The smallest absolute Gasteiger partial charge is 0.200 e. The minimum atomic E-state index is -2.95. The van der Waals surface area contributed by atoms with Crippen LogP contribution in [-0.4, -0.2) is 29.9 Å². The topological polar surface area (TPSA) is 83.1 Å². The molecule has 0 fully saturated rings. The zero-order chi connectivity index (χ0) is 77.4. The van der Waals surface area contributed by atoms with Crippen LogP contribution in [0, 0.1) is 175 Å². The van der Waals surface area contributed by atoms with Crippen LogP contribution < -0.4 is 0 Å². The number of fused-ring (bicyclic) bond motifs is 12. The Hall–Kier alpha value is -9.96. The summed E-state index contributed by atoms with van der Waals surface area (Å²) in [5.41, 5.74) is -40.2. The Morgan fingerprint density at radius 2 is 0.311 bits per heavy atom. The molecule has 12 bridgehead atoms. The van der Waals surface area contributed by atoms with E-state index in [0.29, 0.717) is 48.6 Å². The molecule has 6 nitrogen and oxygen atoms in total. The molecule has 0 atom stereocenters. The van der Waals surface area contributed by atoms with Gasteiger partial charge in [0.05, 0.1) is 96.9 Å². The zero-order valence-electron chi connectivity index (χ0n) is 49.3. The van der Waals surface area contributed by atoms with Crippen molar-refractivity contribution < 1.29 is 132 Å². The van der Waals surface area contributed by atoms with Gasteiger partial charge in [-0.05, 0) is 112 Å². The Kier molecular flexibility index (Phi) is 18.6. The summed E-state index contributed by atoms with van der Waals surface area (Å²) in [7, 11) is 0. The molecule has 13 rings (SSSR count). The maximum absolute atomic E-state index is 16.7. The van der Waals surface area contributed by atoms with Gasteiger partial charge in [-0.1, -0.05) is 0 Å². The van der Waals surface area contributed by atoms with Crippen LogP contribution in [0.1, 0.15) is 45.6 Å². The van der Waals surface area contributed by atoms with Crippen LogP contribution in [0.25, 0.3) is 131 Å². The van der Waals surface area contributed by atoms with Crippen molar-refractivity contribution in [3.05, 3.63) is 244 Å². The molecule has 0 aliphatic carbocycles. The van der Waals surface area contributed by atoms with E-state index >= 15 is 114 Å². The molecule has 3 aromatic heterocycles. The van der Waals surface area contributed by atoms with Crippen LogP contribution in [0.3, 0.4) is 0 Å². The van der Waals surface area contributed by atoms with Gasteiger partial charge in [-0.2, -0.15) is 0 Å². The lowest BCUT2D eigenvalue weighted by molar-refractivity contribution is 0.381. The van der Waals surface area contributed by atoms with Crippen molar-refractivity contribution in [2.75, 3.05) is 0 Å². The minimum Gasteiger partial charge on any atom is -0.354 e. The first-order valence-corrected chi connectivity index (χ1v) is 31.0. The normalized spacial score (nSPS) is 12.8. The Morgan fingerprint density at radius 3 is 0.509 bits per heavy atom. The number of halogens is 34. The second-order valence-corrected chi connectivity index (χ2v) is 25.0. The number of nitrogens with zero attached hydrogens (tertiary/aromatic N) is 4. The van der Waals surface area contributed by atoms with Crippen LogP contribution in [0.4, 0.5) is 132 Å². The van der Waals surface area contributed by atoms with Crippen LogP contribution in [-0.2, 0) is 0 Å². The standard InChI is InChI=1S/C66H10Br4F30N6/c67-29-30(68)64-21(27-41(79)53(91)61(99)54(92)42(27)80)15-7-3-11(103-15)18(24-35(73)47(85)58(96)48(86)36(24)74)12-4-8-16(104-12)22(28-43(81)55(93)62(100)56(94)44(28)82)66-32(70)31(69)65(106-66)20(26-39(77)51(89)60(98)52(90)40(26)78)14-6-2-10(102-14)17(23-33(71)45(83)57(95)46(84)34(23)72)9-1-5-13(101-9)19(63(29)105-64)25-37(75)49(87)59(97)50(88)38(25)76/h1-8,101,104H. The third-order valence-electron chi connectivity index (χ3n) is 16.1. The highest BCUT2D eigenvalue weighted by Crippen LogP contribution is 2.53. The summed E-state index contributed by atoms with van der Waals surface area (Å²) in [4.78, 5) is 20.0. The van der Waals surface area contributed by atoms with Crippen molar-refractivity contribution in [2.45, 2.75) is 0 Å². The van der Waals surface area contributed by atoms with Crippen LogP contribution in [0.15, 0.2) is 24.3 Å². The average Bonchev–Trinajstić information content (AvgIpc) is 1.56. The molecule has 4 aliphatic heterocycles. The third kappa shape index (κ3) is 10.8. The largest absolute Gasteiger partial charge is 0.354 e. The molecule has 0 saturated carbocycles. The van der Waals surface area contributed by atoms with Crippen molar-refractivity contribution >= 4 is 128 Å². The molecule has 0 radical (unpaired) electrons. The van der Waals surface area contributed by atoms with Gasteiger partial charge >= 0.3 is 0 Å². The van der Waals surface area contributed by atoms with E-state index in [0.717, 1.165) is 0 Å².